The van der Waals surface area contributed by atoms with Crippen molar-refractivity contribution in [2.45, 2.75) is 52.6 Å². The van der Waals surface area contributed by atoms with Gasteiger partial charge < -0.3 is 5.73 Å². The zero-order valence-corrected chi connectivity index (χ0v) is 10.2. The monoisotopic (exact) mass is 198 g/mol. The number of hydrogen-bond donors (Lipinski definition) is 1. The first-order valence-corrected chi connectivity index (χ1v) is 6.02. The molecular weight excluding hydrogens is 172 g/mol. The lowest BCUT2D eigenvalue weighted by Gasteiger charge is -2.43. The van der Waals surface area contributed by atoms with E-state index in [-0.39, 0.29) is 0 Å². The average Bonchev–Trinajstić information content (AvgIpc) is 2.16. The summed E-state index contributed by atoms with van der Waals surface area (Å²) >= 11 is 0. The van der Waals surface area contributed by atoms with Crippen molar-refractivity contribution in [1.29, 1.82) is 0 Å². The molecule has 0 amide bonds. The molecule has 2 heteroatoms. The molecule has 3 atom stereocenters. The Morgan fingerprint density at radius 2 is 2.00 bits per heavy atom. The smallest absolute Gasteiger partial charge is 0.0223 e. The molecule has 0 saturated carbocycles. The topological polar surface area (TPSA) is 29.3 Å². The van der Waals surface area contributed by atoms with Gasteiger partial charge in [-0.05, 0) is 38.1 Å². The SMILES string of the molecule is CC1CCN(C(C)C(C)C)C(CN)C1. The van der Waals surface area contributed by atoms with Crippen LogP contribution < -0.4 is 5.73 Å². The van der Waals surface area contributed by atoms with Crippen LogP contribution in [-0.2, 0) is 0 Å². The minimum Gasteiger partial charge on any atom is -0.329 e. The Morgan fingerprint density at radius 3 is 2.50 bits per heavy atom. The number of nitrogens with two attached hydrogens (primary N) is 1. The summed E-state index contributed by atoms with van der Waals surface area (Å²) < 4.78 is 0. The number of rotatable bonds is 3. The van der Waals surface area contributed by atoms with Gasteiger partial charge >= 0.3 is 0 Å². The summed E-state index contributed by atoms with van der Waals surface area (Å²) in [5.74, 6) is 1.59. The molecule has 1 fully saturated rings. The highest BCUT2D eigenvalue weighted by Crippen LogP contribution is 2.25. The van der Waals surface area contributed by atoms with Crippen molar-refractivity contribution in [2.24, 2.45) is 17.6 Å². The summed E-state index contributed by atoms with van der Waals surface area (Å²) in [6.07, 6.45) is 2.63. The van der Waals surface area contributed by atoms with Gasteiger partial charge in [0.2, 0.25) is 0 Å². The van der Waals surface area contributed by atoms with E-state index in [1.165, 1.54) is 19.4 Å². The van der Waals surface area contributed by atoms with E-state index in [2.05, 4.69) is 32.6 Å². The average molecular weight is 198 g/mol. The minimum absolute atomic E-state index is 0.621. The maximum Gasteiger partial charge on any atom is 0.0223 e. The van der Waals surface area contributed by atoms with Crippen LogP contribution in [0.15, 0.2) is 0 Å². The fourth-order valence-electron chi connectivity index (χ4n) is 2.42. The first-order chi connectivity index (χ1) is 6.56. The van der Waals surface area contributed by atoms with Crippen molar-refractivity contribution in [3.8, 4) is 0 Å². The first-order valence-electron chi connectivity index (χ1n) is 6.02. The standard InChI is InChI=1S/C12H26N2/c1-9(2)11(4)14-6-5-10(3)7-12(14)8-13/h9-12H,5-8,13H2,1-4H3. The molecule has 14 heavy (non-hydrogen) atoms. The third-order valence-corrected chi connectivity index (χ3v) is 3.78. The molecule has 0 aromatic rings. The van der Waals surface area contributed by atoms with Gasteiger partial charge in [0, 0.05) is 18.6 Å². The van der Waals surface area contributed by atoms with E-state index in [1.54, 1.807) is 0 Å². The third-order valence-electron chi connectivity index (χ3n) is 3.78. The van der Waals surface area contributed by atoms with Crippen molar-refractivity contribution in [3.63, 3.8) is 0 Å². The molecule has 1 heterocycles. The molecule has 0 aromatic carbocycles. The van der Waals surface area contributed by atoms with Gasteiger partial charge in [0.05, 0.1) is 0 Å². The molecule has 0 aliphatic carbocycles. The van der Waals surface area contributed by atoms with Gasteiger partial charge in [0.25, 0.3) is 0 Å². The molecule has 2 nitrogen and oxygen atoms in total. The van der Waals surface area contributed by atoms with Crippen molar-refractivity contribution in [3.05, 3.63) is 0 Å². The number of piperidine rings is 1. The molecule has 1 aliphatic heterocycles. The lowest BCUT2D eigenvalue weighted by atomic mass is 9.89. The predicted octanol–water partition coefficient (Wildman–Crippen LogP) is 2.09. The van der Waals surface area contributed by atoms with Crippen LogP contribution in [0, 0.1) is 11.8 Å². The lowest BCUT2D eigenvalue weighted by molar-refractivity contribution is 0.0630. The van der Waals surface area contributed by atoms with Crippen LogP contribution in [0.5, 0.6) is 0 Å². The first kappa shape index (κ1) is 12.0. The normalized spacial score (nSPS) is 32.1. The molecule has 0 aromatic heterocycles. The van der Waals surface area contributed by atoms with Gasteiger partial charge in [-0.1, -0.05) is 20.8 Å². The Hall–Kier alpha value is -0.0800. The Balaban J connectivity index is 2.58. The second-order valence-corrected chi connectivity index (χ2v) is 5.24. The molecule has 3 unspecified atom stereocenters. The van der Waals surface area contributed by atoms with E-state index in [4.69, 9.17) is 5.73 Å². The van der Waals surface area contributed by atoms with Crippen LogP contribution in [-0.4, -0.2) is 30.1 Å². The van der Waals surface area contributed by atoms with Crippen LogP contribution in [0.2, 0.25) is 0 Å². The summed E-state index contributed by atoms with van der Waals surface area (Å²) in [4.78, 5) is 2.62. The summed E-state index contributed by atoms with van der Waals surface area (Å²) in [5.41, 5.74) is 5.85. The van der Waals surface area contributed by atoms with Gasteiger partial charge in [-0.25, -0.2) is 0 Å². The van der Waals surface area contributed by atoms with E-state index >= 15 is 0 Å². The van der Waals surface area contributed by atoms with Gasteiger partial charge in [-0.3, -0.25) is 4.90 Å². The maximum atomic E-state index is 5.85. The highest BCUT2D eigenvalue weighted by molar-refractivity contribution is 4.85. The van der Waals surface area contributed by atoms with Gasteiger partial charge in [0.15, 0.2) is 0 Å². The Labute approximate surface area is 88.8 Å². The predicted molar refractivity (Wildman–Crippen MR) is 62.2 cm³/mol. The van der Waals surface area contributed by atoms with E-state index in [0.29, 0.717) is 12.1 Å². The minimum atomic E-state index is 0.621. The maximum absolute atomic E-state index is 5.85. The van der Waals surface area contributed by atoms with Crippen LogP contribution in [0.4, 0.5) is 0 Å². The highest BCUT2D eigenvalue weighted by Gasteiger charge is 2.29. The van der Waals surface area contributed by atoms with Crippen molar-refractivity contribution in [2.75, 3.05) is 13.1 Å². The molecule has 1 aliphatic rings. The van der Waals surface area contributed by atoms with E-state index in [0.717, 1.165) is 18.4 Å². The fraction of sp³-hybridized carbons (Fsp3) is 1.00. The zero-order valence-electron chi connectivity index (χ0n) is 10.2. The Bertz CT molecular complexity index is 168. The van der Waals surface area contributed by atoms with Gasteiger partial charge in [-0.2, -0.15) is 0 Å². The third kappa shape index (κ3) is 2.71. The molecule has 1 saturated heterocycles. The fourth-order valence-corrected chi connectivity index (χ4v) is 2.42. The Kier molecular flexibility index (Phi) is 4.39. The number of hydrogen-bond acceptors (Lipinski definition) is 2. The molecule has 84 valence electrons. The number of likely N-dealkylation sites (tertiary alicyclic amines) is 1. The summed E-state index contributed by atoms with van der Waals surface area (Å²) in [6.45, 7) is 11.3. The quantitative estimate of drug-likeness (QED) is 0.752. The van der Waals surface area contributed by atoms with Crippen molar-refractivity contribution >= 4 is 0 Å². The second kappa shape index (κ2) is 5.13. The number of nitrogens with zero attached hydrogens (tertiary/aromatic N) is 1. The lowest BCUT2D eigenvalue weighted by Crippen LogP contribution is -2.51. The van der Waals surface area contributed by atoms with E-state index < -0.39 is 0 Å². The Morgan fingerprint density at radius 1 is 1.36 bits per heavy atom. The molecule has 0 bridgehead atoms. The van der Waals surface area contributed by atoms with Crippen LogP contribution in [0.3, 0.4) is 0 Å². The highest BCUT2D eigenvalue weighted by atomic mass is 15.2. The molecular formula is C12H26N2. The van der Waals surface area contributed by atoms with Crippen LogP contribution >= 0.6 is 0 Å². The second-order valence-electron chi connectivity index (χ2n) is 5.24. The molecule has 1 rings (SSSR count). The zero-order chi connectivity index (χ0) is 10.7. The summed E-state index contributed by atoms with van der Waals surface area (Å²) in [6, 6.07) is 1.30. The largest absolute Gasteiger partial charge is 0.329 e. The van der Waals surface area contributed by atoms with Gasteiger partial charge in [-0.15, -0.1) is 0 Å². The molecule has 2 N–H and O–H groups in total. The van der Waals surface area contributed by atoms with Crippen molar-refractivity contribution in [1.82, 2.24) is 4.90 Å². The van der Waals surface area contributed by atoms with Crippen LogP contribution in [0.25, 0.3) is 0 Å². The van der Waals surface area contributed by atoms with Crippen molar-refractivity contribution < 1.29 is 0 Å². The van der Waals surface area contributed by atoms with E-state index in [9.17, 15) is 0 Å². The van der Waals surface area contributed by atoms with E-state index in [1.807, 2.05) is 0 Å². The summed E-state index contributed by atoms with van der Waals surface area (Å²) in [7, 11) is 0. The summed E-state index contributed by atoms with van der Waals surface area (Å²) in [5, 5.41) is 0. The van der Waals surface area contributed by atoms with Crippen LogP contribution in [0.1, 0.15) is 40.5 Å². The molecule has 0 spiro atoms. The molecule has 0 radical (unpaired) electrons. The van der Waals surface area contributed by atoms with Gasteiger partial charge in [0.1, 0.15) is 0 Å².